The van der Waals surface area contributed by atoms with Gasteiger partial charge in [0.2, 0.25) is 0 Å². The summed E-state index contributed by atoms with van der Waals surface area (Å²) in [5.41, 5.74) is 11.1. The zero-order chi connectivity index (χ0) is 19.9. The summed E-state index contributed by atoms with van der Waals surface area (Å²) in [4.78, 5) is 16.2. The molecule has 1 aliphatic carbocycles. The third-order valence-electron chi connectivity index (χ3n) is 5.24. The van der Waals surface area contributed by atoms with Gasteiger partial charge in [-0.25, -0.2) is 4.98 Å². The molecule has 1 amide bonds. The Morgan fingerprint density at radius 3 is 2.93 bits per heavy atom. The van der Waals surface area contributed by atoms with Crippen LogP contribution in [0.3, 0.4) is 0 Å². The monoisotopic (exact) mass is 379 g/mol. The summed E-state index contributed by atoms with van der Waals surface area (Å²) < 4.78 is 1.74. The number of nitrogens with two attached hydrogens (primary N) is 1. The van der Waals surface area contributed by atoms with Crippen LogP contribution in [-0.4, -0.2) is 30.9 Å². The lowest BCUT2D eigenvalue weighted by Gasteiger charge is -2.29. The minimum atomic E-state index is -0.559. The molecule has 8 nitrogen and oxygen atoms in total. The first-order valence-corrected chi connectivity index (χ1v) is 9.40. The number of pyridine rings is 1. The van der Waals surface area contributed by atoms with Crippen LogP contribution in [0, 0.1) is 5.41 Å². The number of carbonyl (C=O) groups excluding carboxylic acids is 1. The van der Waals surface area contributed by atoms with E-state index in [0.717, 1.165) is 36.1 Å². The van der Waals surface area contributed by atoms with E-state index in [9.17, 15) is 4.79 Å². The Balaban J connectivity index is 1.66. The van der Waals surface area contributed by atoms with Gasteiger partial charge in [-0.15, -0.1) is 0 Å². The van der Waals surface area contributed by atoms with Crippen LogP contribution in [0.2, 0.25) is 0 Å². The van der Waals surface area contributed by atoms with Crippen LogP contribution in [0.15, 0.2) is 24.5 Å². The molecule has 3 aromatic heterocycles. The fourth-order valence-corrected chi connectivity index (χ4v) is 3.73. The van der Waals surface area contributed by atoms with Gasteiger partial charge >= 0.3 is 0 Å². The zero-order valence-electron chi connectivity index (χ0n) is 16.4. The first kappa shape index (κ1) is 18.2. The van der Waals surface area contributed by atoms with Crippen molar-refractivity contribution in [2.24, 2.45) is 18.2 Å². The molecule has 8 heteroatoms. The Morgan fingerprint density at radius 1 is 1.39 bits per heavy atom. The minimum Gasteiger partial charge on any atom is -0.366 e. The van der Waals surface area contributed by atoms with Gasteiger partial charge in [0.15, 0.2) is 0 Å². The fourth-order valence-electron chi connectivity index (χ4n) is 3.73. The summed E-state index contributed by atoms with van der Waals surface area (Å²) in [6.45, 7) is 5.10. The highest BCUT2D eigenvalue weighted by molar-refractivity contribution is 5.92. The Hall–Kier alpha value is -3.16. The largest absolute Gasteiger partial charge is 0.366 e. The van der Waals surface area contributed by atoms with E-state index in [1.54, 1.807) is 16.9 Å². The molecule has 0 aliphatic heterocycles. The van der Waals surface area contributed by atoms with Gasteiger partial charge in [-0.3, -0.25) is 14.6 Å². The van der Waals surface area contributed by atoms with Crippen molar-refractivity contribution in [2.45, 2.75) is 39.7 Å². The van der Waals surface area contributed by atoms with E-state index in [-0.39, 0.29) is 11.1 Å². The van der Waals surface area contributed by atoms with Crippen molar-refractivity contribution in [1.29, 1.82) is 0 Å². The summed E-state index contributed by atoms with van der Waals surface area (Å²) in [7, 11) is 1.87. The maximum Gasteiger partial charge on any atom is 0.267 e. The molecule has 0 unspecified atom stereocenters. The van der Waals surface area contributed by atoms with Gasteiger partial charge in [0, 0.05) is 42.2 Å². The number of hydrogen-bond acceptors (Lipinski definition) is 5. The number of primary amides is 1. The standard InChI is InChI=1S/C20H25N7O/c1-20(2)5-4-14-16(8-20)25-26-18(14)13-6-15(19(21)28)24-17(7-13)22-9-12-10-23-27(3)11-12/h6-7,10-11H,4-5,8-9H2,1-3H3,(H2,21,28)(H,22,24)(H,25,26). The molecule has 3 heterocycles. The predicted octanol–water partition coefficient (Wildman–Crippen LogP) is 2.43. The van der Waals surface area contributed by atoms with Crippen molar-refractivity contribution in [3.8, 4) is 11.3 Å². The highest BCUT2D eigenvalue weighted by Crippen LogP contribution is 2.38. The lowest BCUT2D eigenvalue weighted by atomic mass is 9.76. The van der Waals surface area contributed by atoms with Crippen molar-refractivity contribution in [1.82, 2.24) is 25.0 Å². The minimum absolute atomic E-state index is 0.221. The van der Waals surface area contributed by atoms with E-state index in [1.165, 1.54) is 11.3 Å². The number of fused-ring (bicyclic) bond motifs is 1. The average molecular weight is 379 g/mol. The Kier molecular flexibility index (Phi) is 4.41. The quantitative estimate of drug-likeness (QED) is 0.630. The number of aryl methyl sites for hydroxylation is 1. The molecular formula is C20H25N7O. The van der Waals surface area contributed by atoms with Gasteiger partial charge in [0.1, 0.15) is 11.5 Å². The van der Waals surface area contributed by atoms with E-state index in [4.69, 9.17) is 5.73 Å². The van der Waals surface area contributed by atoms with E-state index in [2.05, 4.69) is 39.4 Å². The second kappa shape index (κ2) is 6.78. The number of nitrogens with zero attached hydrogens (tertiary/aromatic N) is 4. The molecule has 0 saturated heterocycles. The average Bonchev–Trinajstić information content (AvgIpc) is 3.24. The van der Waals surface area contributed by atoms with Gasteiger partial charge in [-0.05, 0) is 36.8 Å². The number of anilines is 1. The molecule has 1 aliphatic rings. The molecule has 3 aromatic rings. The molecule has 4 rings (SSSR count). The fraction of sp³-hybridized carbons (Fsp3) is 0.400. The van der Waals surface area contributed by atoms with Crippen molar-refractivity contribution in [3.05, 3.63) is 47.0 Å². The highest BCUT2D eigenvalue weighted by atomic mass is 16.1. The number of H-pyrrole nitrogens is 1. The summed E-state index contributed by atoms with van der Waals surface area (Å²) >= 11 is 0. The van der Waals surface area contributed by atoms with Gasteiger partial charge in [0.25, 0.3) is 5.91 Å². The lowest BCUT2D eigenvalue weighted by molar-refractivity contribution is 0.0995. The Morgan fingerprint density at radius 2 is 2.21 bits per heavy atom. The van der Waals surface area contributed by atoms with Crippen LogP contribution in [0.4, 0.5) is 5.82 Å². The van der Waals surface area contributed by atoms with Crippen LogP contribution >= 0.6 is 0 Å². The number of nitrogens with one attached hydrogen (secondary N) is 2. The molecule has 0 saturated carbocycles. The second-order valence-corrected chi connectivity index (χ2v) is 8.24. The van der Waals surface area contributed by atoms with Gasteiger partial charge < -0.3 is 11.1 Å². The van der Waals surface area contributed by atoms with Crippen molar-refractivity contribution >= 4 is 11.7 Å². The van der Waals surface area contributed by atoms with E-state index < -0.39 is 5.91 Å². The van der Waals surface area contributed by atoms with Crippen LogP contribution in [0.1, 0.15) is 47.6 Å². The van der Waals surface area contributed by atoms with Crippen molar-refractivity contribution in [2.75, 3.05) is 5.32 Å². The first-order chi connectivity index (χ1) is 13.3. The number of aromatic amines is 1. The normalized spacial score (nSPS) is 15.2. The van der Waals surface area contributed by atoms with Gasteiger partial charge in [0.05, 0.1) is 11.9 Å². The highest BCUT2D eigenvalue weighted by Gasteiger charge is 2.29. The van der Waals surface area contributed by atoms with Crippen molar-refractivity contribution < 1.29 is 4.79 Å². The lowest BCUT2D eigenvalue weighted by Crippen LogP contribution is -2.22. The molecule has 0 spiro atoms. The van der Waals surface area contributed by atoms with Crippen LogP contribution in [0.25, 0.3) is 11.3 Å². The molecule has 28 heavy (non-hydrogen) atoms. The third kappa shape index (κ3) is 3.62. The molecular weight excluding hydrogens is 354 g/mol. The number of amides is 1. The number of carbonyl (C=O) groups is 1. The number of hydrogen-bond donors (Lipinski definition) is 3. The maximum absolute atomic E-state index is 11.8. The van der Waals surface area contributed by atoms with E-state index in [0.29, 0.717) is 12.4 Å². The van der Waals surface area contributed by atoms with Gasteiger partial charge in [-0.2, -0.15) is 10.2 Å². The topological polar surface area (TPSA) is 115 Å². The smallest absolute Gasteiger partial charge is 0.267 e. The Bertz CT molecular complexity index is 1030. The van der Waals surface area contributed by atoms with Gasteiger partial charge in [-0.1, -0.05) is 13.8 Å². The molecule has 0 radical (unpaired) electrons. The summed E-state index contributed by atoms with van der Waals surface area (Å²) in [6, 6.07) is 3.63. The summed E-state index contributed by atoms with van der Waals surface area (Å²) in [5.74, 6) is 0.0276. The van der Waals surface area contributed by atoms with Crippen LogP contribution in [0.5, 0.6) is 0 Å². The van der Waals surface area contributed by atoms with E-state index in [1.807, 2.05) is 19.3 Å². The molecule has 0 aromatic carbocycles. The van der Waals surface area contributed by atoms with Crippen molar-refractivity contribution in [3.63, 3.8) is 0 Å². The third-order valence-corrected chi connectivity index (χ3v) is 5.24. The molecule has 0 atom stereocenters. The molecule has 0 bridgehead atoms. The predicted molar refractivity (Wildman–Crippen MR) is 107 cm³/mol. The molecule has 146 valence electrons. The SMILES string of the molecule is Cn1cc(CNc2cc(-c3n[nH]c4c3CCC(C)(C)C4)cc(C(N)=O)n2)cn1. The van der Waals surface area contributed by atoms with Crippen LogP contribution < -0.4 is 11.1 Å². The second-order valence-electron chi connectivity index (χ2n) is 8.24. The maximum atomic E-state index is 11.8. The number of rotatable bonds is 5. The zero-order valence-corrected chi connectivity index (χ0v) is 16.4. The number of aromatic nitrogens is 5. The van der Waals surface area contributed by atoms with E-state index >= 15 is 0 Å². The van der Waals surface area contributed by atoms with Crippen LogP contribution in [-0.2, 0) is 26.4 Å². The summed E-state index contributed by atoms with van der Waals surface area (Å²) in [5, 5.41) is 15.2. The Labute approximate surface area is 163 Å². The molecule has 0 fully saturated rings. The summed E-state index contributed by atoms with van der Waals surface area (Å²) in [6.07, 6.45) is 6.75. The molecule has 4 N–H and O–H groups in total. The first-order valence-electron chi connectivity index (χ1n) is 9.40.